The van der Waals surface area contributed by atoms with Crippen molar-refractivity contribution in [2.24, 2.45) is 0 Å². The highest BCUT2D eigenvalue weighted by atomic mass is 16.5. The van der Waals surface area contributed by atoms with Crippen LogP contribution in [0.3, 0.4) is 0 Å². The average Bonchev–Trinajstić information content (AvgIpc) is 3.63. The fraction of sp³-hybridized carbons (Fsp3) is 0.0385. The van der Waals surface area contributed by atoms with Crippen molar-refractivity contribution < 1.29 is 4.74 Å². The number of rotatable bonds is 5. The van der Waals surface area contributed by atoms with Crippen LogP contribution < -0.4 is 9.64 Å². The third-order valence-corrected chi connectivity index (χ3v) is 11.4. The Kier molecular flexibility index (Phi) is 7.03. The topological polar surface area (TPSA) is 12.5 Å². The normalized spacial score (nSPS) is 16.0. The van der Waals surface area contributed by atoms with E-state index in [9.17, 15) is 0 Å². The van der Waals surface area contributed by atoms with E-state index in [0.29, 0.717) is 0 Å². The number of benzene rings is 9. The van der Waals surface area contributed by atoms with Gasteiger partial charge in [0, 0.05) is 22.9 Å². The molecule has 0 saturated heterocycles. The lowest BCUT2D eigenvalue weighted by Gasteiger charge is -2.34. The molecule has 9 aromatic carbocycles. The van der Waals surface area contributed by atoms with Crippen molar-refractivity contribution in [1.82, 2.24) is 0 Å². The van der Waals surface area contributed by atoms with Crippen LogP contribution in [0.4, 0.5) is 11.4 Å². The standard InChI is InChI=1S/C52H35NO/c1-3-20-40-36(14-1)32-48(44-24-7-5-22-42(40)44)34-16-11-18-38(30-34)53(50-28-13-27-47-46-26-9-10-29-51(46)54-52(47)50)39-19-12-17-35(31-39)49-33-37-15-2-4-21-41(37)43-23-6-8-25-45(43)49/h1-33,47,52H. The lowest BCUT2D eigenvalue weighted by Crippen LogP contribution is -2.32. The Labute approximate surface area is 314 Å². The SMILES string of the molecule is C1=CC2c3ccccc3OC2C(N(c2cccc(-c3cc4ccccc4c4ccccc34)c2)c2cccc(-c3cc4ccccc4c4ccccc34)c2)=C1. The predicted octanol–water partition coefficient (Wildman–Crippen LogP) is 13.8. The molecule has 0 amide bonds. The molecule has 0 spiro atoms. The molecule has 0 fully saturated rings. The van der Waals surface area contributed by atoms with Crippen molar-refractivity contribution in [2.75, 3.05) is 4.90 Å². The van der Waals surface area contributed by atoms with Crippen molar-refractivity contribution in [2.45, 2.75) is 12.0 Å². The predicted molar refractivity (Wildman–Crippen MR) is 227 cm³/mol. The van der Waals surface area contributed by atoms with Crippen LogP contribution in [0.1, 0.15) is 11.5 Å². The quantitative estimate of drug-likeness (QED) is 0.167. The van der Waals surface area contributed by atoms with E-state index in [0.717, 1.165) is 22.8 Å². The van der Waals surface area contributed by atoms with E-state index in [-0.39, 0.29) is 12.0 Å². The van der Waals surface area contributed by atoms with Gasteiger partial charge in [-0.1, -0.05) is 152 Å². The highest BCUT2D eigenvalue weighted by Gasteiger charge is 2.39. The number of hydrogen-bond donors (Lipinski definition) is 0. The van der Waals surface area contributed by atoms with Gasteiger partial charge in [0.1, 0.15) is 11.9 Å². The van der Waals surface area contributed by atoms with Crippen LogP contribution in [0.15, 0.2) is 206 Å². The molecule has 11 rings (SSSR count). The van der Waals surface area contributed by atoms with E-state index in [2.05, 4.69) is 205 Å². The van der Waals surface area contributed by atoms with Crippen molar-refractivity contribution in [3.8, 4) is 28.0 Å². The van der Waals surface area contributed by atoms with Crippen LogP contribution in [0, 0.1) is 0 Å². The molecule has 254 valence electrons. The molecule has 9 aromatic rings. The zero-order valence-corrected chi connectivity index (χ0v) is 29.6. The Hall–Kier alpha value is -6.90. The van der Waals surface area contributed by atoms with E-state index in [1.165, 1.54) is 70.9 Å². The second kappa shape index (κ2) is 12.4. The first kappa shape index (κ1) is 30.7. The third kappa shape index (κ3) is 4.88. The maximum absolute atomic E-state index is 6.83. The summed E-state index contributed by atoms with van der Waals surface area (Å²) in [4.78, 5) is 2.42. The molecule has 1 heterocycles. The van der Waals surface area contributed by atoms with Crippen molar-refractivity contribution in [3.63, 3.8) is 0 Å². The highest BCUT2D eigenvalue weighted by Crippen LogP contribution is 2.48. The molecule has 54 heavy (non-hydrogen) atoms. The lowest BCUT2D eigenvalue weighted by molar-refractivity contribution is 0.253. The molecule has 0 aromatic heterocycles. The van der Waals surface area contributed by atoms with E-state index in [1.54, 1.807) is 0 Å². The summed E-state index contributed by atoms with van der Waals surface area (Å²) in [5, 5.41) is 10.1. The summed E-state index contributed by atoms with van der Waals surface area (Å²) in [6, 6.07) is 66.2. The summed E-state index contributed by atoms with van der Waals surface area (Å²) >= 11 is 0. The van der Waals surface area contributed by atoms with E-state index in [4.69, 9.17) is 4.74 Å². The van der Waals surface area contributed by atoms with Gasteiger partial charge in [-0.15, -0.1) is 0 Å². The number of ether oxygens (including phenoxy) is 1. The van der Waals surface area contributed by atoms with Gasteiger partial charge in [0.05, 0.1) is 5.70 Å². The lowest BCUT2D eigenvalue weighted by atomic mass is 9.88. The summed E-state index contributed by atoms with van der Waals surface area (Å²) in [6.07, 6.45) is 6.57. The molecule has 2 atom stereocenters. The molecule has 1 aliphatic carbocycles. The zero-order valence-electron chi connectivity index (χ0n) is 29.6. The largest absolute Gasteiger partial charge is 0.483 e. The van der Waals surface area contributed by atoms with E-state index >= 15 is 0 Å². The average molecular weight is 690 g/mol. The number of para-hydroxylation sites is 1. The summed E-state index contributed by atoms with van der Waals surface area (Å²) in [7, 11) is 0. The van der Waals surface area contributed by atoms with Gasteiger partial charge in [-0.2, -0.15) is 0 Å². The summed E-state index contributed by atoms with van der Waals surface area (Å²) in [5.41, 5.74) is 9.32. The summed E-state index contributed by atoms with van der Waals surface area (Å²) in [6.45, 7) is 0. The maximum Gasteiger partial charge on any atom is 0.149 e. The Bertz CT molecular complexity index is 2840. The maximum atomic E-state index is 6.83. The first-order valence-corrected chi connectivity index (χ1v) is 18.7. The minimum atomic E-state index is -0.164. The number of nitrogens with zero attached hydrogens (tertiary/aromatic N) is 1. The van der Waals surface area contributed by atoms with Crippen LogP contribution in [-0.4, -0.2) is 6.10 Å². The van der Waals surface area contributed by atoms with Crippen LogP contribution >= 0.6 is 0 Å². The fourth-order valence-corrected chi connectivity index (χ4v) is 8.91. The zero-order chi connectivity index (χ0) is 35.6. The Balaban J connectivity index is 1.11. The van der Waals surface area contributed by atoms with E-state index in [1.807, 2.05) is 0 Å². The highest BCUT2D eigenvalue weighted by molar-refractivity contribution is 6.15. The van der Waals surface area contributed by atoms with Crippen LogP contribution in [0.5, 0.6) is 5.75 Å². The van der Waals surface area contributed by atoms with Gasteiger partial charge in [-0.3, -0.25) is 0 Å². The first-order valence-electron chi connectivity index (χ1n) is 18.7. The first-order chi connectivity index (χ1) is 26.8. The fourth-order valence-electron chi connectivity index (χ4n) is 8.91. The van der Waals surface area contributed by atoms with Crippen LogP contribution in [-0.2, 0) is 0 Å². The van der Waals surface area contributed by atoms with Gasteiger partial charge in [0.15, 0.2) is 0 Å². The van der Waals surface area contributed by atoms with Gasteiger partial charge in [0.2, 0.25) is 0 Å². The molecule has 2 nitrogen and oxygen atoms in total. The molecule has 1 aliphatic heterocycles. The summed E-state index contributed by atoms with van der Waals surface area (Å²) in [5.74, 6) is 1.08. The summed E-state index contributed by atoms with van der Waals surface area (Å²) < 4.78 is 6.83. The Morgan fingerprint density at radius 1 is 0.426 bits per heavy atom. The molecule has 0 bridgehead atoms. The minimum absolute atomic E-state index is 0.129. The van der Waals surface area contributed by atoms with Gasteiger partial charge in [0.25, 0.3) is 0 Å². The molecule has 2 unspecified atom stereocenters. The Morgan fingerprint density at radius 3 is 1.52 bits per heavy atom. The van der Waals surface area contributed by atoms with Crippen molar-refractivity contribution >= 4 is 54.5 Å². The van der Waals surface area contributed by atoms with Gasteiger partial charge in [-0.25, -0.2) is 0 Å². The molecule has 0 saturated carbocycles. The Morgan fingerprint density at radius 2 is 0.926 bits per heavy atom. The van der Waals surface area contributed by atoms with Crippen molar-refractivity contribution in [1.29, 1.82) is 0 Å². The van der Waals surface area contributed by atoms with Gasteiger partial charge in [-0.05, 0) is 114 Å². The van der Waals surface area contributed by atoms with Crippen LogP contribution in [0.25, 0.3) is 65.3 Å². The van der Waals surface area contributed by atoms with E-state index < -0.39 is 0 Å². The number of fused-ring (bicyclic) bond motifs is 9. The number of anilines is 2. The molecular weight excluding hydrogens is 655 g/mol. The van der Waals surface area contributed by atoms with Crippen LogP contribution in [0.2, 0.25) is 0 Å². The molecule has 2 heteroatoms. The number of allylic oxidation sites excluding steroid dienone is 2. The van der Waals surface area contributed by atoms with Crippen molar-refractivity contribution in [3.05, 3.63) is 211 Å². The minimum Gasteiger partial charge on any atom is -0.483 e. The molecule has 2 aliphatic rings. The smallest absolute Gasteiger partial charge is 0.149 e. The monoisotopic (exact) mass is 689 g/mol. The molecule has 0 N–H and O–H groups in total. The van der Waals surface area contributed by atoms with Gasteiger partial charge >= 0.3 is 0 Å². The number of hydrogen-bond acceptors (Lipinski definition) is 2. The second-order valence-corrected chi connectivity index (χ2v) is 14.4. The third-order valence-electron chi connectivity index (χ3n) is 11.4. The second-order valence-electron chi connectivity index (χ2n) is 14.4. The molecule has 0 radical (unpaired) electrons. The van der Waals surface area contributed by atoms with Gasteiger partial charge < -0.3 is 9.64 Å². The molecular formula is C52H35NO.